The fourth-order valence-electron chi connectivity index (χ4n) is 4.13. The highest BCUT2D eigenvalue weighted by Crippen LogP contribution is 2.41. The van der Waals surface area contributed by atoms with E-state index in [0.29, 0.717) is 22.8 Å². The summed E-state index contributed by atoms with van der Waals surface area (Å²) in [5.74, 6) is 1.41. The summed E-state index contributed by atoms with van der Waals surface area (Å²) in [5.41, 5.74) is 1.68. The van der Waals surface area contributed by atoms with Crippen LogP contribution in [0.3, 0.4) is 0 Å². The van der Waals surface area contributed by atoms with E-state index in [9.17, 15) is 4.79 Å². The third-order valence-electron chi connectivity index (χ3n) is 5.78. The van der Waals surface area contributed by atoms with Crippen molar-refractivity contribution in [3.63, 3.8) is 0 Å². The molecule has 3 aromatic carbocycles. The zero-order valence-corrected chi connectivity index (χ0v) is 17.8. The largest absolute Gasteiger partial charge is 0.493 e. The molecule has 0 radical (unpaired) electrons. The van der Waals surface area contributed by atoms with Crippen molar-refractivity contribution >= 4 is 16.7 Å². The minimum absolute atomic E-state index is 0.0304. The maximum Gasteiger partial charge on any atom is 0.254 e. The predicted molar refractivity (Wildman–Crippen MR) is 118 cm³/mol. The zero-order chi connectivity index (χ0) is 21.3. The third kappa shape index (κ3) is 3.56. The lowest BCUT2D eigenvalue weighted by Crippen LogP contribution is -2.35. The molecule has 1 amide bonds. The van der Waals surface area contributed by atoms with E-state index in [1.807, 2.05) is 17.0 Å². The molecule has 1 aliphatic rings. The van der Waals surface area contributed by atoms with Crippen LogP contribution in [-0.4, -0.2) is 38.2 Å². The van der Waals surface area contributed by atoms with E-state index in [0.717, 1.165) is 18.4 Å². The maximum absolute atomic E-state index is 13.7. The van der Waals surface area contributed by atoms with Crippen LogP contribution in [0.5, 0.6) is 17.2 Å². The van der Waals surface area contributed by atoms with Crippen LogP contribution >= 0.6 is 0 Å². The highest BCUT2D eigenvalue weighted by Gasteiger charge is 2.37. The summed E-state index contributed by atoms with van der Waals surface area (Å²) in [4.78, 5) is 15.7. The summed E-state index contributed by atoms with van der Waals surface area (Å²) in [6.45, 7) is 2.11. The number of ether oxygens (including phenoxy) is 3. The number of hydrogen-bond acceptors (Lipinski definition) is 4. The fraction of sp³-hybridized carbons (Fsp3) is 0.320. The number of fused-ring (bicyclic) bond motifs is 1. The summed E-state index contributed by atoms with van der Waals surface area (Å²) in [6.07, 6.45) is 2.04. The first-order chi connectivity index (χ1) is 14.6. The van der Waals surface area contributed by atoms with E-state index < -0.39 is 0 Å². The van der Waals surface area contributed by atoms with E-state index in [-0.39, 0.29) is 18.0 Å². The molecule has 1 aliphatic carbocycles. The topological polar surface area (TPSA) is 48.0 Å². The molecule has 0 aromatic heterocycles. The Bertz CT molecular complexity index is 1040. The molecule has 0 heterocycles. The van der Waals surface area contributed by atoms with Crippen LogP contribution < -0.4 is 14.2 Å². The number of rotatable bonds is 7. The molecule has 1 atom stereocenters. The molecule has 0 N–H and O–H groups in total. The van der Waals surface area contributed by atoms with Crippen molar-refractivity contribution < 1.29 is 19.0 Å². The zero-order valence-electron chi connectivity index (χ0n) is 17.8. The first-order valence-electron chi connectivity index (χ1n) is 10.2. The lowest BCUT2D eigenvalue weighted by molar-refractivity contribution is 0.0674. The molecule has 156 valence electrons. The Morgan fingerprint density at radius 1 is 0.933 bits per heavy atom. The molecule has 4 rings (SSSR count). The highest BCUT2D eigenvalue weighted by atomic mass is 16.5. The Labute approximate surface area is 177 Å². The Kier molecular flexibility index (Phi) is 5.53. The van der Waals surface area contributed by atoms with Crippen molar-refractivity contribution in [1.29, 1.82) is 0 Å². The third-order valence-corrected chi connectivity index (χ3v) is 5.78. The van der Waals surface area contributed by atoms with Crippen LogP contribution in [0.4, 0.5) is 0 Å². The van der Waals surface area contributed by atoms with Crippen LogP contribution in [0.15, 0.2) is 54.6 Å². The average Bonchev–Trinajstić information content (AvgIpc) is 3.62. The summed E-state index contributed by atoms with van der Waals surface area (Å²) in [7, 11) is 4.67. The van der Waals surface area contributed by atoms with Crippen molar-refractivity contribution in [3.05, 3.63) is 65.7 Å². The van der Waals surface area contributed by atoms with Crippen molar-refractivity contribution in [3.8, 4) is 17.2 Å². The standard InChI is InChI=1S/C25H27NO4/c1-16(20-11-7-9-17-8-5-6-10-21(17)20)26(19-12-13-19)25(27)18-14-22(28-2)24(30-4)23(15-18)29-3/h5-11,14-16,19H,12-13H2,1-4H3/t16-/m0/s1. The average molecular weight is 405 g/mol. The van der Waals surface area contributed by atoms with Crippen LogP contribution in [0.1, 0.15) is 41.7 Å². The molecule has 1 saturated carbocycles. The number of carbonyl (C=O) groups is 1. The SMILES string of the molecule is COc1cc(C(=O)N(C2CC2)[C@@H](C)c2cccc3ccccc23)cc(OC)c1OC. The van der Waals surface area contributed by atoms with Crippen LogP contribution in [0.2, 0.25) is 0 Å². The molecular formula is C25H27NO4. The molecule has 5 heteroatoms. The van der Waals surface area contributed by atoms with Gasteiger partial charge in [0.05, 0.1) is 27.4 Å². The van der Waals surface area contributed by atoms with Crippen molar-refractivity contribution in [1.82, 2.24) is 4.90 Å². The van der Waals surface area contributed by atoms with Crippen molar-refractivity contribution in [2.75, 3.05) is 21.3 Å². The Balaban J connectivity index is 1.76. The van der Waals surface area contributed by atoms with Gasteiger partial charge in [-0.3, -0.25) is 4.79 Å². The number of amides is 1. The molecule has 5 nitrogen and oxygen atoms in total. The summed E-state index contributed by atoms with van der Waals surface area (Å²) >= 11 is 0. The molecule has 0 bridgehead atoms. The number of nitrogens with zero attached hydrogens (tertiary/aromatic N) is 1. The predicted octanol–water partition coefficient (Wildman–Crippen LogP) is 5.23. The molecule has 3 aromatic rings. The Morgan fingerprint density at radius 3 is 2.17 bits per heavy atom. The van der Waals surface area contributed by atoms with Crippen molar-refractivity contribution in [2.24, 2.45) is 0 Å². The van der Waals surface area contributed by atoms with Gasteiger partial charge in [0.1, 0.15) is 0 Å². The molecule has 30 heavy (non-hydrogen) atoms. The van der Waals surface area contributed by atoms with E-state index in [1.165, 1.54) is 10.8 Å². The van der Waals surface area contributed by atoms with Gasteiger partial charge in [-0.1, -0.05) is 42.5 Å². The molecule has 0 aliphatic heterocycles. The molecule has 0 unspecified atom stereocenters. The smallest absolute Gasteiger partial charge is 0.254 e. The Hall–Kier alpha value is -3.21. The van der Waals surface area contributed by atoms with E-state index in [1.54, 1.807) is 33.5 Å². The second-order valence-corrected chi connectivity index (χ2v) is 7.60. The van der Waals surface area contributed by atoms with Crippen LogP contribution in [-0.2, 0) is 0 Å². The lowest BCUT2D eigenvalue weighted by atomic mass is 9.98. The van der Waals surface area contributed by atoms with E-state index >= 15 is 0 Å². The quantitative estimate of drug-likeness (QED) is 0.540. The molecule has 1 fully saturated rings. The summed E-state index contributed by atoms with van der Waals surface area (Å²) in [6, 6.07) is 18.2. The lowest BCUT2D eigenvalue weighted by Gasteiger charge is -2.31. The van der Waals surface area contributed by atoms with Gasteiger partial charge in [0, 0.05) is 11.6 Å². The Morgan fingerprint density at radius 2 is 1.57 bits per heavy atom. The van der Waals surface area contributed by atoms with Gasteiger partial charge >= 0.3 is 0 Å². The molecule has 0 saturated heterocycles. The normalized spacial score (nSPS) is 14.3. The number of methoxy groups -OCH3 is 3. The maximum atomic E-state index is 13.7. The highest BCUT2D eigenvalue weighted by molar-refractivity contribution is 5.97. The second kappa shape index (κ2) is 8.27. The molecular weight excluding hydrogens is 378 g/mol. The van der Waals surface area contributed by atoms with E-state index in [2.05, 4.69) is 37.3 Å². The van der Waals surface area contributed by atoms with E-state index in [4.69, 9.17) is 14.2 Å². The van der Waals surface area contributed by atoms with Gasteiger partial charge < -0.3 is 19.1 Å². The van der Waals surface area contributed by atoms with Gasteiger partial charge in [-0.25, -0.2) is 0 Å². The first kappa shape index (κ1) is 20.1. The van der Waals surface area contributed by atoms with Gasteiger partial charge in [0.2, 0.25) is 5.75 Å². The van der Waals surface area contributed by atoms with Crippen LogP contribution in [0, 0.1) is 0 Å². The van der Waals surface area contributed by atoms with Gasteiger partial charge in [-0.2, -0.15) is 0 Å². The van der Waals surface area contributed by atoms with Crippen LogP contribution in [0.25, 0.3) is 10.8 Å². The number of benzene rings is 3. The van der Waals surface area contributed by atoms with Crippen molar-refractivity contribution in [2.45, 2.75) is 31.8 Å². The van der Waals surface area contributed by atoms with Gasteiger partial charge in [0.15, 0.2) is 11.5 Å². The van der Waals surface area contributed by atoms with Gasteiger partial charge in [0.25, 0.3) is 5.91 Å². The number of hydrogen-bond donors (Lipinski definition) is 0. The van der Waals surface area contributed by atoms with Gasteiger partial charge in [-0.05, 0) is 48.2 Å². The minimum Gasteiger partial charge on any atom is -0.493 e. The van der Waals surface area contributed by atoms with Gasteiger partial charge in [-0.15, -0.1) is 0 Å². The monoisotopic (exact) mass is 405 g/mol. The first-order valence-corrected chi connectivity index (χ1v) is 10.2. The minimum atomic E-state index is -0.0600. The summed E-state index contributed by atoms with van der Waals surface area (Å²) < 4.78 is 16.3. The summed E-state index contributed by atoms with van der Waals surface area (Å²) in [5, 5.41) is 2.36. The molecule has 0 spiro atoms. The number of carbonyl (C=O) groups excluding carboxylic acids is 1. The fourth-order valence-corrected chi connectivity index (χ4v) is 4.13. The second-order valence-electron chi connectivity index (χ2n) is 7.60.